The van der Waals surface area contributed by atoms with E-state index in [4.69, 9.17) is 11.6 Å². The first-order valence-corrected chi connectivity index (χ1v) is 7.74. The van der Waals surface area contributed by atoms with Crippen LogP contribution in [-0.4, -0.2) is 46.3 Å². The van der Waals surface area contributed by atoms with Crippen molar-refractivity contribution >= 4 is 11.6 Å². The molecule has 0 amide bonds. The molecule has 1 aliphatic heterocycles. The molecule has 21 heavy (non-hydrogen) atoms. The average molecular weight is 306 g/mol. The van der Waals surface area contributed by atoms with E-state index in [0.717, 1.165) is 18.4 Å². The second-order valence-corrected chi connectivity index (χ2v) is 6.89. The lowest BCUT2D eigenvalue weighted by atomic mass is 9.88. The van der Waals surface area contributed by atoms with Crippen LogP contribution in [0.5, 0.6) is 0 Å². The summed E-state index contributed by atoms with van der Waals surface area (Å²) in [6.07, 6.45) is 2.18. The van der Waals surface area contributed by atoms with Crippen molar-refractivity contribution in [3.63, 3.8) is 0 Å². The highest BCUT2D eigenvalue weighted by atomic mass is 35.5. The molecule has 1 saturated carbocycles. The van der Waals surface area contributed by atoms with Crippen LogP contribution in [0.25, 0.3) is 0 Å². The topological polar surface area (TPSA) is 59.3 Å². The first-order chi connectivity index (χ1) is 10.1. The number of alkyl halides is 1. The van der Waals surface area contributed by atoms with Gasteiger partial charge in [0.2, 0.25) is 0 Å². The third kappa shape index (κ3) is 2.93. The fraction of sp³-hybridized carbons (Fsp3) is 0.562. The number of halogens is 1. The number of hydrogen-bond acceptors (Lipinski definition) is 4. The Balaban J connectivity index is 1.79. The largest absolute Gasteiger partial charge is 0.386 e. The Hall–Kier alpha value is -1.12. The van der Waals surface area contributed by atoms with Gasteiger partial charge in [-0.15, -0.1) is 11.6 Å². The van der Waals surface area contributed by atoms with Gasteiger partial charge in [-0.05, 0) is 18.4 Å². The Morgan fingerprint density at radius 2 is 2.14 bits per heavy atom. The highest BCUT2D eigenvalue weighted by molar-refractivity contribution is 6.26. The minimum Gasteiger partial charge on any atom is -0.386 e. The zero-order valence-electron chi connectivity index (χ0n) is 11.9. The molecule has 2 atom stereocenters. The van der Waals surface area contributed by atoms with E-state index < -0.39 is 10.5 Å². The first kappa shape index (κ1) is 14.8. The molecule has 1 aromatic rings. The number of nitriles is 1. The van der Waals surface area contributed by atoms with Gasteiger partial charge in [-0.2, -0.15) is 5.26 Å². The predicted molar refractivity (Wildman–Crippen MR) is 81.9 cm³/mol. The lowest BCUT2D eigenvalue weighted by Gasteiger charge is -2.37. The molecule has 0 radical (unpaired) electrons. The van der Waals surface area contributed by atoms with E-state index in [-0.39, 0.29) is 6.04 Å². The fourth-order valence-corrected chi connectivity index (χ4v) is 3.30. The van der Waals surface area contributed by atoms with E-state index >= 15 is 0 Å². The number of hydrogen-bond donors (Lipinski definition) is 2. The summed E-state index contributed by atoms with van der Waals surface area (Å²) < 4.78 is 0. The van der Waals surface area contributed by atoms with Crippen molar-refractivity contribution in [1.82, 2.24) is 10.2 Å². The molecule has 2 fully saturated rings. The molecule has 3 rings (SSSR count). The number of aliphatic hydroxyl groups is 1. The second kappa shape index (κ2) is 5.58. The third-order valence-corrected chi connectivity index (χ3v) is 5.30. The molecule has 1 aromatic carbocycles. The van der Waals surface area contributed by atoms with Gasteiger partial charge in [-0.25, -0.2) is 0 Å². The normalized spacial score (nSPS) is 27.0. The zero-order valence-corrected chi connectivity index (χ0v) is 12.7. The lowest BCUT2D eigenvalue weighted by Crippen LogP contribution is -2.53. The van der Waals surface area contributed by atoms with Crippen LogP contribution in [0.4, 0.5) is 0 Å². The Morgan fingerprint density at radius 3 is 2.76 bits per heavy atom. The summed E-state index contributed by atoms with van der Waals surface area (Å²) in [4.78, 5) is 1.44. The molecule has 2 N–H and O–H groups in total. The minimum absolute atomic E-state index is 0.189. The molecule has 4 nitrogen and oxygen atoms in total. The summed E-state index contributed by atoms with van der Waals surface area (Å²) in [5.74, 6) is 0. The maximum atomic E-state index is 11.2. The third-order valence-electron chi connectivity index (χ3n) is 4.57. The maximum Gasteiger partial charge on any atom is 0.111 e. The summed E-state index contributed by atoms with van der Waals surface area (Å²) in [7, 11) is 0. The Kier molecular flexibility index (Phi) is 3.94. The average Bonchev–Trinajstić information content (AvgIpc) is 3.09. The van der Waals surface area contributed by atoms with E-state index in [9.17, 15) is 10.4 Å². The van der Waals surface area contributed by atoms with Gasteiger partial charge in [0.1, 0.15) is 11.6 Å². The maximum absolute atomic E-state index is 11.2. The quantitative estimate of drug-likeness (QED) is 0.809. The minimum atomic E-state index is -1.00. The van der Waals surface area contributed by atoms with Crippen LogP contribution in [0.1, 0.15) is 18.4 Å². The van der Waals surface area contributed by atoms with E-state index in [2.05, 4.69) is 11.4 Å². The second-order valence-electron chi connectivity index (χ2n) is 6.16. The molecule has 1 aliphatic carbocycles. The number of rotatable bonds is 5. The van der Waals surface area contributed by atoms with Crippen LogP contribution < -0.4 is 5.32 Å². The Bertz CT molecular complexity index is 540. The SMILES string of the molecule is N#CC1CNCN1CC(O)(Cc1ccccc1)C1(Cl)CC1. The molecule has 0 aromatic heterocycles. The summed E-state index contributed by atoms with van der Waals surface area (Å²) in [5.41, 5.74) is 0.0735. The highest BCUT2D eigenvalue weighted by Crippen LogP contribution is 2.52. The monoisotopic (exact) mass is 305 g/mol. The van der Waals surface area contributed by atoms with Crippen LogP contribution in [0.3, 0.4) is 0 Å². The van der Waals surface area contributed by atoms with Crippen LogP contribution in [0, 0.1) is 11.3 Å². The van der Waals surface area contributed by atoms with Gasteiger partial charge in [-0.1, -0.05) is 30.3 Å². The van der Waals surface area contributed by atoms with Crippen molar-refractivity contribution < 1.29 is 5.11 Å². The number of nitrogens with one attached hydrogen (secondary N) is 1. The van der Waals surface area contributed by atoms with Crippen LogP contribution >= 0.6 is 11.6 Å². The Morgan fingerprint density at radius 1 is 1.43 bits per heavy atom. The fourth-order valence-electron chi connectivity index (χ4n) is 3.08. The molecule has 2 unspecified atom stereocenters. The lowest BCUT2D eigenvalue weighted by molar-refractivity contribution is -0.00599. The van der Waals surface area contributed by atoms with Gasteiger partial charge in [0.05, 0.1) is 10.9 Å². The van der Waals surface area contributed by atoms with Crippen LogP contribution in [0.15, 0.2) is 30.3 Å². The van der Waals surface area contributed by atoms with Gasteiger partial charge in [0.15, 0.2) is 0 Å². The molecule has 0 bridgehead atoms. The van der Waals surface area contributed by atoms with Crippen molar-refractivity contribution in [3.05, 3.63) is 35.9 Å². The van der Waals surface area contributed by atoms with Gasteiger partial charge in [0, 0.05) is 26.2 Å². The van der Waals surface area contributed by atoms with Gasteiger partial charge < -0.3 is 10.4 Å². The van der Waals surface area contributed by atoms with Gasteiger partial charge in [0.25, 0.3) is 0 Å². The zero-order chi connectivity index (χ0) is 14.9. The number of nitrogens with zero attached hydrogens (tertiary/aromatic N) is 2. The van der Waals surface area contributed by atoms with E-state index in [1.807, 2.05) is 35.2 Å². The smallest absolute Gasteiger partial charge is 0.111 e. The van der Waals surface area contributed by atoms with Crippen molar-refractivity contribution in [2.24, 2.45) is 0 Å². The Labute approximate surface area is 130 Å². The first-order valence-electron chi connectivity index (χ1n) is 7.36. The molecular weight excluding hydrogens is 286 g/mol. The summed E-state index contributed by atoms with van der Waals surface area (Å²) >= 11 is 6.59. The highest BCUT2D eigenvalue weighted by Gasteiger charge is 2.58. The van der Waals surface area contributed by atoms with Crippen LogP contribution in [-0.2, 0) is 6.42 Å². The van der Waals surface area contributed by atoms with Gasteiger partial charge in [-0.3, -0.25) is 4.90 Å². The van der Waals surface area contributed by atoms with E-state index in [1.165, 1.54) is 0 Å². The predicted octanol–water partition coefficient (Wildman–Crippen LogP) is 1.49. The van der Waals surface area contributed by atoms with Gasteiger partial charge >= 0.3 is 0 Å². The molecule has 1 heterocycles. The molecule has 0 spiro atoms. The van der Waals surface area contributed by atoms with Crippen molar-refractivity contribution in [1.29, 1.82) is 5.26 Å². The van der Waals surface area contributed by atoms with Crippen molar-refractivity contribution in [2.75, 3.05) is 19.8 Å². The summed E-state index contributed by atoms with van der Waals surface area (Å²) in [5, 5.41) is 23.6. The molecule has 2 aliphatic rings. The van der Waals surface area contributed by atoms with Crippen molar-refractivity contribution in [3.8, 4) is 6.07 Å². The molecule has 5 heteroatoms. The van der Waals surface area contributed by atoms with Crippen molar-refractivity contribution in [2.45, 2.75) is 35.8 Å². The summed E-state index contributed by atoms with van der Waals surface area (Å²) in [6, 6.07) is 12.0. The van der Waals surface area contributed by atoms with E-state index in [1.54, 1.807) is 0 Å². The number of β-amino-alcohol motifs (C(OH)–C–C–N with tert-alkyl or cyclic N) is 1. The molecular formula is C16H20ClN3O. The van der Waals surface area contributed by atoms with E-state index in [0.29, 0.717) is 26.2 Å². The molecule has 112 valence electrons. The standard InChI is InChI=1S/C16H20ClN3O/c17-15(6-7-15)16(21,8-13-4-2-1-3-5-13)11-20-12-19-10-14(20)9-18/h1-5,14,19,21H,6-8,10-12H2. The van der Waals surface area contributed by atoms with Crippen LogP contribution in [0.2, 0.25) is 0 Å². The number of benzene rings is 1. The summed E-state index contributed by atoms with van der Waals surface area (Å²) in [6.45, 7) is 1.70. The molecule has 1 saturated heterocycles.